The maximum Gasteiger partial charge on any atom is 0.261 e. The Hall–Kier alpha value is -2.53. The number of benzene rings is 2. The van der Waals surface area contributed by atoms with Crippen LogP contribution in [0.5, 0.6) is 5.75 Å². The van der Waals surface area contributed by atoms with Gasteiger partial charge in [-0.15, -0.1) is 0 Å². The van der Waals surface area contributed by atoms with Crippen molar-refractivity contribution in [3.63, 3.8) is 0 Å². The molecule has 0 bridgehead atoms. The summed E-state index contributed by atoms with van der Waals surface area (Å²) in [5, 5.41) is 3.39. The topological polar surface area (TPSA) is 58.6 Å². The van der Waals surface area contributed by atoms with Gasteiger partial charge >= 0.3 is 0 Å². The highest BCUT2D eigenvalue weighted by atomic mass is 35.5. The Kier molecular flexibility index (Phi) is 8.52. The van der Waals surface area contributed by atoms with Crippen molar-refractivity contribution in [1.82, 2.24) is 10.2 Å². The van der Waals surface area contributed by atoms with Crippen molar-refractivity contribution in [2.45, 2.75) is 52.7 Å². The van der Waals surface area contributed by atoms with Gasteiger partial charge in [0.1, 0.15) is 11.8 Å². The minimum atomic E-state index is -0.632. The summed E-state index contributed by atoms with van der Waals surface area (Å²) in [7, 11) is 0. The standard InChI is InChI=1S/C23H29ClN2O3/c1-5-17(3)25-23(28)18(4)26(14-19-12-10-16(2)11-13-19)22(27)15-29-21-9-7-6-8-20(21)24/h6-13,17-18H,5,14-15H2,1-4H3,(H,25,28)/t17-,18-/m0/s1. The highest BCUT2D eigenvalue weighted by Crippen LogP contribution is 2.23. The van der Waals surface area contributed by atoms with Gasteiger partial charge in [-0.05, 0) is 44.9 Å². The Morgan fingerprint density at radius 1 is 1.10 bits per heavy atom. The van der Waals surface area contributed by atoms with E-state index in [-0.39, 0.29) is 24.5 Å². The molecule has 2 rings (SSSR count). The van der Waals surface area contributed by atoms with Crippen molar-refractivity contribution in [3.8, 4) is 5.75 Å². The van der Waals surface area contributed by atoms with Gasteiger partial charge in [0.25, 0.3) is 5.91 Å². The van der Waals surface area contributed by atoms with Gasteiger partial charge in [0.15, 0.2) is 6.61 Å². The van der Waals surface area contributed by atoms with Crippen LogP contribution in [0.15, 0.2) is 48.5 Å². The molecule has 0 spiro atoms. The maximum atomic E-state index is 13.0. The average molecular weight is 417 g/mol. The van der Waals surface area contributed by atoms with Gasteiger partial charge in [-0.25, -0.2) is 0 Å². The van der Waals surface area contributed by atoms with Gasteiger partial charge in [-0.1, -0.05) is 60.5 Å². The van der Waals surface area contributed by atoms with Gasteiger partial charge in [0.05, 0.1) is 5.02 Å². The van der Waals surface area contributed by atoms with E-state index in [0.29, 0.717) is 17.3 Å². The van der Waals surface area contributed by atoms with Crippen molar-refractivity contribution in [2.75, 3.05) is 6.61 Å². The summed E-state index contributed by atoms with van der Waals surface area (Å²) >= 11 is 6.10. The van der Waals surface area contributed by atoms with Crippen molar-refractivity contribution in [1.29, 1.82) is 0 Å². The monoisotopic (exact) mass is 416 g/mol. The van der Waals surface area contributed by atoms with E-state index in [2.05, 4.69) is 5.32 Å². The number of para-hydroxylation sites is 1. The second-order valence-corrected chi connectivity index (χ2v) is 7.63. The van der Waals surface area contributed by atoms with Crippen LogP contribution in [0.3, 0.4) is 0 Å². The molecule has 2 atom stereocenters. The number of ether oxygens (including phenoxy) is 1. The van der Waals surface area contributed by atoms with Crippen molar-refractivity contribution in [2.24, 2.45) is 0 Å². The maximum absolute atomic E-state index is 13.0. The Balaban J connectivity index is 2.15. The molecule has 0 fully saturated rings. The van der Waals surface area contributed by atoms with Gasteiger partial charge < -0.3 is 15.0 Å². The third kappa shape index (κ3) is 6.79. The van der Waals surface area contributed by atoms with E-state index in [1.165, 1.54) is 0 Å². The third-order valence-corrected chi connectivity index (χ3v) is 5.14. The van der Waals surface area contributed by atoms with Crippen LogP contribution in [0.25, 0.3) is 0 Å². The Bertz CT molecular complexity index is 823. The second kappa shape index (κ2) is 10.9. The number of hydrogen-bond acceptors (Lipinski definition) is 3. The summed E-state index contributed by atoms with van der Waals surface area (Å²) in [5.74, 6) is -0.0237. The molecule has 0 unspecified atom stereocenters. The Labute approximate surface area is 178 Å². The molecule has 0 radical (unpaired) electrons. The molecule has 0 saturated heterocycles. The van der Waals surface area contributed by atoms with Crippen LogP contribution in [-0.2, 0) is 16.1 Å². The number of carbonyl (C=O) groups excluding carboxylic acids is 2. The molecule has 5 nitrogen and oxygen atoms in total. The largest absolute Gasteiger partial charge is 0.482 e. The third-order valence-electron chi connectivity index (χ3n) is 4.83. The first-order valence-electron chi connectivity index (χ1n) is 9.84. The van der Waals surface area contributed by atoms with Gasteiger partial charge in [-0.2, -0.15) is 0 Å². The van der Waals surface area contributed by atoms with E-state index in [4.69, 9.17) is 16.3 Å². The Morgan fingerprint density at radius 3 is 2.38 bits per heavy atom. The van der Waals surface area contributed by atoms with Crippen LogP contribution < -0.4 is 10.1 Å². The number of halogens is 1. The molecule has 2 aromatic carbocycles. The molecular weight excluding hydrogens is 388 g/mol. The molecule has 1 N–H and O–H groups in total. The highest BCUT2D eigenvalue weighted by Gasteiger charge is 2.27. The first kappa shape index (κ1) is 22.8. The van der Waals surface area contributed by atoms with Crippen LogP contribution in [0.2, 0.25) is 5.02 Å². The molecular formula is C23H29ClN2O3. The number of rotatable bonds is 9. The fourth-order valence-corrected chi connectivity index (χ4v) is 2.91. The fourth-order valence-electron chi connectivity index (χ4n) is 2.72. The molecule has 0 saturated carbocycles. The molecule has 0 aliphatic heterocycles. The summed E-state index contributed by atoms with van der Waals surface area (Å²) in [6.07, 6.45) is 0.819. The SMILES string of the molecule is CC[C@H](C)NC(=O)[C@H](C)N(Cc1ccc(C)cc1)C(=O)COc1ccccc1Cl. The zero-order valence-electron chi connectivity index (χ0n) is 17.4. The van der Waals surface area contributed by atoms with Crippen LogP contribution >= 0.6 is 11.6 Å². The van der Waals surface area contributed by atoms with E-state index in [1.807, 2.05) is 45.0 Å². The highest BCUT2D eigenvalue weighted by molar-refractivity contribution is 6.32. The summed E-state index contributed by atoms with van der Waals surface area (Å²) < 4.78 is 5.61. The smallest absolute Gasteiger partial charge is 0.261 e. The van der Waals surface area contributed by atoms with Crippen LogP contribution in [-0.4, -0.2) is 35.4 Å². The summed E-state index contributed by atoms with van der Waals surface area (Å²) in [6, 6.07) is 14.3. The molecule has 2 amide bonds. The lowest BCUT2D eigenvalue weighted by molar-refractivity contribution is -0.142. The van der Waals surface area contributed by atoms with E-state index >= 15 is 0 Å². The number of aryl methyl sites for hydroxylation is 1. The minimum absolute atomic E-state index is 0.0423. The first-order chi connectivity index (χ1) is 13.8. The quantitative estimate of drug-likeness (QED) is 0.660. The lowest BCUT2D eigenvalue weighted by atomic mass is 10.1. The van der Waals surface area contributed by atoms with Gasteiger partial charge in [-0.3, -0.25) is 9.59 Å². The van der Waals surface area contributed by atoms with E-state index in [9.17, 15) is 9.59 Å². The number of amides is 2. The lowest BCUT2D eigenvalue weighted by Gasteiger charge is -2.29. The summed E-state index contributed by atoms with van der Waals surface area (Å²) in [5.41, 5.74) is 2.08. The summed E-state index contributed by atoms with van der Waals surface area (Å²) in [4.78, 5) is 27.2. The fraction of sp³-hybridized carbons (Fsp3) is 0.391. The molecule has 0 aromatic heterocycles. The van der Waals surface area contributed by atoms with Crippen LogP contribution in [0.1, 0.15) is 38.3 Å². The molecule has 6 heteroatoms. The van der Waals surface area contributed by atoms with E-state index in [1.54, 1.807) is 36.1 Å². The van der Waals surface area contributed by atoms with Crippen LogP contribution in [0, 0.1) is 6.92 Å². The predicted molar refractivity (Wildman–Crippen MR) is 116 cm³/mol. The summed E-state index contributed by atoms with van der Waals surface area (Å²) in [6.45, 7) is 7.81. The average Bonchev–Trinajstić information content (AvgIpc) is 2.71. The Morgan fingerprint density at radius 2 is 1.76 bits per heavy atom. The molecule has 0 aliphatic carbocycles. The first-order valence-corrected chi connectivity index (χ1v) is 10.2. The van der Waals surface area contributed by atoms with Crippen LogP contribution in [0.4, 0.5) is 0 Å². The predicted octanol–water partition coefficient (Wildman–Crippen LogP) is 4.36. The number of hydrogen-bond donors (Lipinski definition) is 1. The molecule has 0 heterocycles. The molecule has 0 aliphatic rings. The van der Waals surface area contributed by atoms with Gasteiger partial charge in [0.2, 0.25) is 5.91 Å². The normalized spacial score (nSPS) is 12.7. The zero-order chi connectivity index (χ0) is 21.4. The molecule has 156 valence electrons. The van der Waals surface area contributed by atoms with E-state index < -0.39 is 6.04 Å². The van der Waals surface area contributed by atoms with Gasteiger partial charge in [0, 0.05) is 12.6 Å². The number of nitrogens with zero attached hydrogens (tertiary/aromatic N) is 1. The van der Waals surface area contributed by atoms with E-state index in [0.717, 1.165) is 17.5 Å². The number of carbonyl (C=O) groups is 2. The van der Waals surface area contributed by atoms with Crippen molar-refractivity contribution >= 4 is 23.4 Å². The van der Waals surface area contributed by atoms with Crippen molar-refractivity contribution in [3.05, 3.63) is 64.7 Å². The minimum Gasteiger partial charge on any atom is -0.482 e. The second-order valence-electron chi connectivity index (χ2n) is 7.22. The number of nitrogens with one attached hydrogen (secondary N) is 1. The zero-order valence-corrected chi connectivity index (χ0v) is 18.2. The molecule has 2 aromatic rings. The lowest BCUT2D eigenvalue weighted by Crippen LogP contribution is -2.50. The molecule has 29 heavy (non-hydrogen) atoms. The van der Waals surface area contributed by atoms with Crippen molar-refractivity contribution < 1.29 is 14.3 Å².